The number of nitrogens with two attached hydrogens (primary N) is 1. The summed E-state index contributed by atoms with van der Waals surface area (Å²) < 4.78 is 0. The Morgan fingerprint density at radius 1 is 1.12 bits per heavy atom. The number of benzene rings is 1. The number of H-pyrrole nitrogens is 1. The molecule has 5 heteroatoms. The smallest absolute Gasteiger partial charge is 0.182 e. The van der Waals surface area contributed by atoms with Gasteiger partial charge in [0.2, 0.25) is 0 Å². The summed E-state index contributed by atoms with van der Waals surface area (Å²) in [4.78, 5) is 8.32. The Labute approximate surface area is 91.3 Å². The molecule has 78 valence electrons. The van der Waals surface area contributed by atoms with Gasteiger partial charge in [-0.15, -0.1) is 0 Å². The van der Waals surface area contributed by atoms with Crippen LogP contribution in [0.2, 0.25) is 0 Å². The molecule has 16 heavy (non-hydrogen) atoms. The van der Waals surface area contributed by atoms with Crippen LogP contribution in [-0.2, 0) is 0 Å². The largest absolute Gasteiger partial charge is 0.398 e. The van der Waals surface area contributed by atoms with Crippen molar-refractivity contribution in [2.45, 2.75) is 0 Å². The van der Waals surface area contributed by atoms with Crippen LogP contribution in [0, 0.1) is 0 Å². The van der Waals surface area contributed by atoms with Crippen LogP contribution in [0.1, 0.15) is 0 Å². The SMILES string of the molecule is Nc1c(-c2nc[nH]n2)ccc2ncccc12. The molecule has 0 saturated heterocycles. The third kappa shape index (κ3) is 1.22. The Morgan fingerprint density at radius 3 is 2.88 bits per heavy atom. The van der Waals surface area contributed by atoms with E-state index in [1.165, 1.54) is 6.33 Å². The Bertz CT molecular complexity index is 630. The minimum atomic E-state index is 0.600. The lowest BCUT2D eigenvalue weighted by Gasteiger charge is -2.05. The fourth-order valence-corrected chi connectivity index (χ4v) is 1.71. The summed E-state index contributed by atoms with van der Waals surface area (Å²) in [6.45, 7) is 0. The second kappa shape index (κ2) is 3.30. The monoisotopic (exact) mass is 211 g/mol. The summed E-state index contributed by atoms with van der Waals surface area (Å²) in [5, 5.41) is 7.61. The fraction of sp³-hybridized carbons (Fsp3) is 0. The number of aromatic nitrogens is 4. The van der Waals surface area contributed by atoms with Gasteiger partial charge in [0.05, 0.1) is 11.2 Å². The van der Waals surface area contributed by atoms with Gasteiger partial charge in [-0.3, -0.25) is 10.1 Å². The van der Waals surface area contributed by atoms with Crippen molar-refractivity contribution in [1.29, 1.82) is 0 Å². The van der Waals surface area contributed by atoms with E-state index >= 15 is 0 Å². The average Bonchev–Trinajstić information content (AvgIpc) is 2.83. The first kappa shape index (κ1) is 8.84. The molecule has 0 unspecified atom stereocenters. The van der Waals surface area contributed by atoms with Gasteiger partial charge in [-0.25, -0.2) is 4.98 Å². The summed E-state index contributed by atoms with van der Waals surface area (Å²) >= 11 is 0. The quantitative estimate of drug-likeness (QED) is 0.599. The van der Waals surface area contributed by atoms with Crippen molar-refractivity contribution in [2.24, 2.45) is 0 Å². The minimum absolute atomic E-state index is 0.600. The molecule has 0 fully saturated rings. The van der Waals surface area contributed by atoms with E-state index in [-0.39, 0.29) is 0 Å². The van der Waals surface area contributed by atoms with E-state index in [0.717, 1.165) is 16.5 Å². The molecule has 1 aromatic carbocycles. The maximum atomic E-state index is 6.08. The van der Waals surface area contributed by atoms with Crippen molar-refractivity contribution >= 4 is 16.6 Å². The number of aromatic amines is 1. The lowest BCUT2D eigenvalue weighted by molar-refractivity contribution is 1.10. The van der Waals surface area contributed by atoms with E-state index in [4.69, 9.17) is 5.73 Å². The maximum Gasteiger partial charge on any atom is 0.182 e. The van der Waals surface area contributed by atoms with E-state index in [1.54, 1.807) is 6.20 Å². The van der Waals surface area contributed by atoms with Crippen LogP contribution < -0.4 is 5.73 Å². The van der Waals surface area contributed by atoms with E-state index in [0.29, 0.717) is 11.5 Å². The zero-order valence-corrected chi connectivity index (χ0v) is 8.38. The van der Waals surface area contributed by atoms with E-state index in [2.05, 4.69) is 20.2 Å². The lowest BCUT2D eigenvalue weighted by atomic mass is 10.1. The second-order valence-corrected chi connectivity index (χ2v) is 3.42. The Balaban J connectivity index is 2.32. The Hall–Kier alpha value is -2.43. The molecule has 0 amide bonds. The van der Waals surface area contributed by atoms with Gasteiger partial charge in [0.1, 0.15) is 6.33 Å². The molecule has 0 spiro atoms. The van der Waals surface area contributed by atoms with Gasteiger partial charge in [0.25, 0.3) is 0 Å². The van der Waals surface area contributed by atoms with Gasteiger partial charge in [-0.2, -0.15) is 5.10 Å². The molecule has 5 nitrogen and oxygen atoms in total. The highest BCUT2D eigenvalue weighted by Gasteiger charge is 2.09. The first-order chi connectivity index (χ1) is 7.86. The average molecular weight is 211 g/mol. The van der Waals surface area contributed by atoms with Gasteiger partial charge in [-0.05, 0) is 24.3 Å². The molecular formula is C11H9N5. The van der Waals surface area contributed by atoms with Crippen LogP contribution in [0.3, 0.4) is 0 Å². The highest BCUT2D eigenvalue weighted by molar-refractivity contribution is 5.97. The van der Waals surface area contributed by atoms with E-state index in [9.17, 15) is 0 Å². The number of hydrogen-bond donors (Lipinski definition) is 2. The summed E-state index contributed by atoms with van der Waals surface area (Å²) in [6, 6.07) is 7.60. The van der Waals surface area contributed by atoms with E-state index < -0.39 is 0 Å². The van der Waals surface area contributed by atoms with Crippen molar-refractivity contribution in [3.63, 3.8) is 0 Å². The Morgan fingerprint density at radius 2 is 2.06 bits per heavy atom. The van der Waals surface area contributed by atoms with Gasteiger partial charge in [-0.1, -0.05) is 0 Å². The van der Waals surface area contributed by atoms with E-state index in [1.807, 2.05) is 24.3 Å². The second-order valence-electron chi connectivity index (χ2n) is 3.42. The van der Waals surface area contributed by atoms with Crippen molar-refractivity contribution in [3.05, 3.63) is 36.8 Å². The maximum absolute atomic E-state index is 6.08. The molecule has 0 aliphatic heterocycles. The highest BCUT2D eigenvalue weighted by atomic mass is 15.2. The molecule has 2 aromatic heterocycles. The van der Waals surface area contributed by atoms with Crippen LogP contribution in [0.5, 0.6) is 0 Å². The predicted octanol–water partition coefficient (Wildman–Crippen LogP) is 1.60. The molecule has 0 bridgehead atoms. The van der Waals surface area contributed by atoms with Crippen LogP contribution in [-0.4, -0.2) is 20.2 Å². The predicted molar refractivity (Wildman–Crippen MR) is 61.5 cm³/mol. The molecule has 0 radical (unpaired) electrons. The summed E-state index contributed by atoms with van der Waals surface area (Å²) in [5.41, 5.74) is 8.43. The van der Waals surface area contributed by atoms with Gasteiger partial charge in [0, 0.05) is 17.1 Å². The van der Waals surface area contributed by atoms with Crippen molar-refractivity contribution in [1.82, 2.24) is 20.2 Å². The minimum Gasteiger partial charge on any atom is -0.398 e. The molecule has 0 aliphatic rings. The zero-order valence-electron chi connectivity index (χ0n) is 8.38. The number of anilines is 1. The van der Waals surface area contributed by atoms with Gasteiger partial charge in [0.15, 0.2) is 5.82 Å². The third-order valence-corrected chi connectivity index (χ3v) is 2.48. The van der Waals surface area contributed by atoms with Crippen molar-refractivity contribution < 1.29 is 0 Å². The number of nitrogens with zero attached hydrogens (tertiary/aromatic N) is 3. The number of nitrogen functional groups attached to an aromatic ring is 1. The summed E-state index contributed by atoms with van der Waals surface area (Å²) in [5.74, 6) is 0.600. The molecule has 2 heterocycles. The summed E-state index contributed by atoms with van der Waals surface area (Å²) in [6.07, 6.45) is 3.27. The molecule has 3 rings (SSSR count). The number of nitrogens with one attached hydrogen (secondary N) is 1. The topological polar surface area (TPSA) is 80.5 Å². The molecule has 0 saturated carbocycles. The number of hydrogen-bond acceptors (Lipinski definition) is 4. The normalized spacial score (nSPS) is 10.8. The first-order valence-corrected chi connectivity index (χ1v) is 4.85. The number of pyridine rings is 1. The standard InChI is InChI=1S/C11H9N5/c12-10-7-2-1-5-13-9(7)4-3-8(10)11-14-6-15-16-11/h1-6H,12H2,(H,14,15,16). The molecule has 3 aromatic rings. The molecule has 0 aliphatic carbocycles. The van der Waals surface area contributed by atoms with Crippen molar-refractivity contribution in [3.8, 4) is 11.4 Å². The number of fused-ring (bicyclic) bond motifs is 1. The lowest BCUT2D eigenvalue weighted by Crippen LogP contribution is -1.94. The van der Waals surface area contributed by atoms with Crippen LogP contribution in [0.4, 0.5) is 5.69 Å². The molecule has 0 atom stereocenters. The fourth-order valence-electron chi connectivity index (χ4n) is 1.71. The third-order valence-electron chi connectivity index (χ3n) is 2.48. The van der Waals surface area contributed by atoms with Crippen LogP contribution in [0.25, 0.3) is 22.3 Å². The van der Waals surface area contributed by atoms with Gasteiger partial charge >= 0.3 is 0 Å². The number of rotatable bonds is 1. The summed E-state index contributed by atoms with van der Waals surface area (Å²) in [7, 11) is 0. The molecular weight excluding hydrogens is 202 g/mol. The highest BCUT2D eigenvalue weighted by Crippen LogP contribution is 2.28. The zero-order chi connectivity index (χ0) is 11.0. The first-order valence-electron chi connectivity index (χ1n) is 4.85. The van der Waals surface area contributed by atoms with Crippen LogP contribution >= 0.6 is 0 Å². The molecule has 3 N–H and O–H groups in total. The van der Waals surface area contributed by atoms with Gasteiger partial charge < -0.3 is 5.73 Å². The van der Waals surface area contributed by atoms with Crippen molar-refractivity contribution in [2.75, 3.05) is 5.73 Å². The van der Waals surface area contributed by atoms with Crippen LogP contribution in [0.15, 0.2) is 36.8 Å². The Kier molecular flexibility index (Phi) is 1.83.